The van der Waals surface area contributed by atoms with Crippen molar-refractivity contribution in [1.82, 2.24) is 0 Å². The standard InChI is InChI=1S/C28H27NO5/c1-17-22-13-20-15-29(21-10-11-24(31-3)25(14-21)32-4)16-33-26(20)18(2)27(22)34-28(30)23(17)12-19-8-6-5-7-9-19/h5-11,13-14H,12,15-16H2,1-4H3. The maximum Gasteiger partial charge on any atom is 0.340 e. The predicted octanol–water partition coefficient (Wildman–Crippen LogP) is 5.37. The van der Waals surface area contributed by atoms with Crippen molar-refractivity contribution in [3.63, 3.8) is 0 Å². The van der Waals surface area contributed by atoms with Crippen LogP contribution in [0.5, 0.6) is 17.2 Å². The molecule has 174 valence electrons. The van der Waals surface area contributed by atoms with Crippen molar-refractivity contribution < 1.29 is 18.6 Å². The maximum absolute atomic E-state index is 12.9. The van der Waals surface area contributed by atoms with E-state index in [1.165, 1.54) is 0 Å². The lowest BCUT2D eigenvalue weighted by Crippen LogP contribution is -2.32. The number of hydrogen-bond acceptors (Lipinski definition) is 6. The van der Waals surface area contributed by atoms with Crippen LogP contribution in [0.1, 0.15) is 27.8 Å². The number of ether oxygens (including phenoxy) is 3. The molecular formula is C28H27NO5. The molecule has 1 aliphatic heterocycles. The number of hydrogen-bond donors (Lipinski definition) is 0. The molecule has 0 unspecified atom stereocenters. The van der Waals surface area contributed by atoms with E-state index < -0.39 is 0 Å². The van der Waals surface area contributed by atoms with Gasteiger partial charge < -0.3 is 23.5 Å². The summed E-state index contributed by atoms with van der Waals surface area (Å²) in [5.41, 5.74) is 5.89. The van der Waals surface area contributed by atoms with Crippen LogP contribution in [0.15, 0.2) is 63.8 Å². The van der Waals surface area contributed by atoms with E-state index >= 15 is 0 Å². The first-order valence-corrected chi connectivity index (χ1v) is 11.2. The number of benzene rings is 3. The molecule has 5 rings (SSSR count). The third-order valence-electron chi connectivity index (χ3n) is 6.52. The highest BCUT2D eigenvalue weighted by Crippen LogP contribution is 2.39. The number of aryl methyl sites for hydroxylation is 2. The monoisotopic (exact) mass is 457 g/mol. The number of fused-ring (bicyclic) bond motifs is 2. The van der Waals surface area contributed by atoms with Crippen LogP contribution in [0.3, 0.4) is 0 Å². The van der Waals surface area contributed by atoms with Crippen LogP contribution in [-0.4, -0.2) is 21.0 Å². The first kappa shape index (κ1) is 21.9. The first-order chi connectivity index (χ1) is 16.5. The molecular weight excluding hydrogens is 430 g/mol. The number of nitrogens with zero attached hydrogens (tertiary/aromatic N) is 1. The van der Waals surface area contributed by atoms with Gasteiger partial charge in [-0.2, -0.15) is 0 Å². The summed E-state index contributed by atoms with van der Waals surface area (Å²) in [7, 11) is 3.25. The van der Waals surface area contributed by atoms with Crippen molar-refractivity contribution in [2.45, 2.75) is 26.8 Å². The van der Waals surface area contributed by atoms with E-state index in [2.05, 4.69) is 11.0 Å². The summed E-state index contributed by atoms with van der Waals surface area (Å²) in [5, 5.41) is 0.944. The average Bonchev–Trinajstić information content (AvgIpc) is 2.87. The van der Waals surface area contributed by atoms with Gasteiger partial charge in [0.15, 0.2) is 18.2 Å². The molecule has 6 heteroatoms. The van der Waals surface area contributed by atoms with Crippen LogP contribution in [0, 0.1) is 13.8 Å². The van der Waals surface area contributed by atoms with Gasteiger partial charge in [-0.3, -0.25) is 0 Å². The number of anilines is 1. The lowest BCUT2D eigenvalue weighted by atomic mass is 9.96. The average molecular weight is 458 g/mol. The molecule has 0 atom stereocenters. The summed E-state index contributed by atoms with van der Waals surface area (Å²) in [4.78, 5) is 15.0. The summed E-state index contributed by atoms with van der Waals surface area (Å²) in [6, 6.07) is 17.9. The second-order valence-electron chi connectivity index (χ2n) is 8.53. The Kier molecular flexibility index (Phi) is 5.65. The molecule has 0 amide bonds. The molecule has 0 bridgehead atoms. The van der Waals surface area contributed by atoms with E-state index in [0.717, 1.165) is 39.1 Å². The van der Waals surface area contributed by atoms with E-state index in [-0.39, 0.29) is 5.63 Å². The van der Waals surface area contributed by atoms with Crippen LogP contribution in [0.25, 0.3) is 11.0 Å². The molecule has 1 aliphatic rings. The Hall–Kier alpha value is -3.93. The molecule has 0 saturated carbocycles. The van der Waals surface area contributed by atoms with Gasteiger partial charge in [-0.15, -0.1) is 0 Å². The number of rotatable bonds is 5. The van der Waals surface area contributed by atoms with Crippen LogP contribution in [0.2, 0.25) is 0 Å². The summed E-state index contributed by atoms with van der Waals surface area (Å²) in [5.74, 6) is 2.13. The van der Waals surface area contributed by atoms with Gasteiger partial charge >= 0.3 is 5.63 Å². The van der Waals surface area contributed by atoms with Crippen molar-refractivity contribution >= 4 is 16.7 Å². The van der Waals surface area contributed by atoms with E-state index in [0.29, 0.717) is 42.3 Å². The largest absolute Gasteiger partial charge is 0.493 e. The van der Waals surface area contributed by atoms with Gasteiger partial charge in [0.1, 0.15) is 11.3 Å². The molecule has 0 spiro atoms. The van der Waals surface area contributed by atoms with E-state index in [1.807, 2.05) is 62.4 Å². The zero-order chi connectivity index (χ0) is 23.8. The minimum absolute atomic E-state index is 0.292. The van der Waals surface area contributed by atoms with Crippen molar-refractivity contribution in [1.29, 1.82) is 0 Å². The normalized spacial score (nSPS) is 12.9. The van der Waals surface area contributed by atoms with Crippen LogP contribution >= 0.6 is 0 Å². The molecule has 0 fully saturated rings. The van der Waals surface area contributed by atoms with Gasteiger partial charge in [-0.1, -0.05) is 30.3 Å². The predicted molar refractivity (Wildman–Crippen MR) is 132 cm³/mol. The Morgan fingerprint density at radius 3 is 2.44 bits per heavy atom. The lowest BCUT2D eigenvalue weighted by molar-refractivity contribution is 0.287. The molecule has 2 heterocycles. The van der Waals surface area contributed by atoms with Crippen LogP contribution < -0.4 is 24.7 Å². The topological polar surface area (TPSA) is 61.1 Å². The molecule has 0 radical (unpaired) electrons. The molecule has 4 aromatic rings. The van der Waals surface area contributed by atoms with Gasteiger partial charge in [-0.05, 0) is 43.2 Å². The van der Waals surface area contributed by atoms with Crippen molar-refractivity contribution in [3.8, 4) is 17.2 Å². The first-order valence-electron chi connectivity index (χ1n) is 11.2. The zero-order valence-electron chi connectivity index (χ0n) is 19.8. The van der Waals surface area contributed by atoms with Gasteiger partial charge in [0.25, 0.3) is 0 Å². The van der Waals surface area contributed by atoms with Crippen molar-refractivity contribution in [3.05, 3.63) is 92.8 Å². The maximum atomic E-state index is 12.9. The highest BCUT2D eigenvalue weighted by atomic mass is 16.5. The Balaban J connectivity index is 1.55. The third-order valence-corrected chi connectivity index (χ3v) is 6.52. The molecule has 3 aromatic carbocycles. The smallest absolute Gasteiger partial charge is 0.340 e. The Morgan fingerprint density at radius 1 is 0.941 bits per heavy atom. The Labute approximate surface area is 198 Å². The fourth-order valence-electron chi connectivity index (χ4n) is 4.64. The fourth-order valence-corrected chi connectivity index (χ4v) is 4.64. The molecule has 0 aliphatic carbocycles. The SMILES string of the molecule is COc1ccc(N2COc3c(cc4c(C)c(Cc5ccccc5)c(=O)oc4c3C)C2)cc1OC. The zero-order valence-corrected chi connectivity index (χ0v) is 19.8. The minimum atomic E-state index is -0.292. The van der Waals surface area contributed by atoms with E-state index in [9.17, 15) is 4.79 Å². The van der Waals surface area contributed by atoms with Crippen LogP contribution in [-0.2, 0) is 13.0 Å². The van der Waals surface area contributed by atoms with Crippen molar-refractivity contribution in [2.24, 2.45) is 0 Å². The summed E-state index contributed by atoms with van der Waals surface area (Å²) in [6.45, 7) is 4.99. The van der Waals surface area contributed by atoms with Gasteiger partial charge in [0, 0.05) is 46.8 Å². The summed E-state index contributed by atoms with van der Waals surface area (Å²) >= 11 is 0. The fraction of sp³-hybridized carbons (Fsp3) is 0.250. The van der Waals surface area contributed by atoms with Crippen molar-refractivity contribution in [2.75, 3.05) is 25.9 Å². The highest BCUT2D eigenvalue weighted by Gasteiger charge is 2.24. The third kappa shape index (κ3) is 3.75. The summed E-state index contributed by atoms with van der Waals surface area (Å²) < 4.78 is 22.8. The second kappa shape index (κ2) is 8.78. The molecule has 34 heavy (non-hydrogen) atoms. The molecule has 6 nitrogen and oxygen atoms in total. The number of methoxy groups -OCH3 is 2. The quantitative estimate of drug-likeness (QED) is 0.375. The van der Waals surface area contributed by atoms with E-state index in [4.69, 9.17) is 18.6 Å². The molecule has 0 N–H and O–H groups in total. The van der Waals surface area contributed by atoms with Gasteiger partial charge in [0.05, 0.1) is 14.2 Å². The second-order valence-corrected chi connectivity index (χ2v) is 8.53. The highest BCUT2D eigenvalue weighted by molar-refractivity contribution is 5.87. The van der Waals surface area contributed by atoms with Crippen LogP contribution in [0.4, 0.5) is 5.69 Å². The van der Waals surface area contributed by atoms with Gasteiger partial charge in [-0.25, -0.2) is 4.79 Å². The lowest BCUT2D eigenvalue weighted by Gasteiger charge is -2.32. The summed E-state index contributed by atoms with van der Waals surface area (Å²) in [6.07, 6.45) is 0.537. The molecule has 0 saturated heterocycles. The Bertz CT molecular complexity index is 1420. The minimum Gasteiger partial charge on any atom is -0.493 e. The Morgan fingerprint density at radius 2 is 1.71 bits per heavy atom. The molecule has 1 aromatic heterocycles. The van der Waals surface area contributed by atoms with Gasteiger partial charge in [0.2, 0.25) is 0 Å². The van der Waals surface area contributed by atoms with E-state index in [1.54, 1.807) is 14.2 Å².